The Morgan fingerprint density at radius 2 is 1.80 bits per heavy atom. The van der Waals surface area contributed by atoms with Gasteiger partial charge in [0.15, 0.2) is 0 Å². The number of aryl methyl sites for hydroxylation is 1. The number of aliphatic carboxylic acids is 1. The van der Waals surface area contributed by atoms with Gasteiger partial charge in [0.25, 0.3) is 0 Å². The molecule has 2 aliphatic rings. The first-order valence-corrected chi connectivity index (χ1v) is 16.5. The Kier molecular flexibility index (Phi) is 11.1. The van der Waals surface area contributed by atoms with Crippen LogP contribution in [0.3, 0.4) is 0 Å². The van der Waals surface area contributed by atoms with Crippen LogP contribution in [0.25, 0.3) is 0 Å². The van der Waals surface area contributed by atoms with Crippen LogP contribution in [0.15, 0.2) is 54.6 Å². The predicted octanol–water partition coefficient (Wildman–Crippen LogP) is 7.02. The van der Waals surface area contributed by atoms with Crippen LogP contribution in [0.4, 0.5) is 13.2 Å². The molecule has 3 aromatic rings. The molecule has 0 radical (unpaired) electrons. The number of halogens is 3. The molecule has 0 bridgehead atoms. The maximum Gasteiger partial charge on any atom is 0.387 e. The topological polar surface area (TPSA) is 70.8 Å². The van der Waals surface area contributed by atoms with Crippen LogP contribution in [0.1, 0.15) is 80.8 Å². The van der Waals surface area contributed by atoms with Gasteiger partial charge in [-0.05, 0) is 112 Å². The molecule has 1 saturated heterocycles. The van der Waals surface area contributed by atoms with Gasteiger partial charge < -0.3 is 14.7 Å². The summed E-state index contributed by atoms with van der Waals surface area (Å²) in [7, 11) is 1.93. The minimum atomic E-state index is -2.84. The second kappa shape index (κ2) is 15.0. The summed E-state index contributed by atoms with van der Waals surface area (Å²) < 4.78 is 45.9. The number of carboxylic acid groups (broad SMARTS) is 1. The maximum absolute atomic E-state index is 14.3. The van der Waals surface area contributed by atoms with Gasteiger partial charge in [0.05, 0.1) is 5.69 Å². The fraction of sp³-hybridized carbons (Fsp3) is 0.556. The zero-order valence-corrected chi connectivity index (χ0v) is 27.3. The first-order chi connectivity index (χ1) is 22.0. The molecule has 5 rings (SSSR count). The van der Waals surface area contributed by atoms with Crippen molar-refractivity contribution in [1.29, 1.82) is 0 Å². The van der Waals surface area contributed by atoms with E-state index in [0.29, 0.717) is 18.3 Å². The maximum atomic E-state index is 14.3. The molecule has 1 aromatic heterocycles. The lowest BCUT2D eigenvalue weighted by molar-refractivity contribution is -0.145. The van der Waals surface area contributed by atoms with Gasteiger partial charge in [-0.25, -0.2) is 4.39 Å². The van der Waals surface area contributed by atoms with E-state index < -0.39 is 18.6 Å². The molecule has 2 heterocycles. The normalized spacial score (nSPS) is 21.8. The zero-order valence-electron chi connectivity index (χ0n) is 27.3. The van der Waals surface area contributed by atoms with Crippen molar-refractivity contribution in [3.8, 4) is 5.75 Å². The van der Waals surface area contributed by atoms with E-state index in [1.807, 2.05) is 31.9 Å². The summed E-state index contributed by atoms with van der Waals surface area (Å²) in [5.41, 5.74) is 4.19. The predicted molar refractivity (Wildman–Crippen MR) is 172 cm³/mol. The molecular formula is C36H47F3N4O3. The highest BCUT2D eigenvalue weighted by Gasteiger charge is 2.42. The Labute approximate surface area is 270 Å². The van der Waals surface area contributed by atoms with Crippen molar-refractivity contribution in [2.75, 3.05) is 26.7 Å². The molecule has 1 saturated carbocycles. The highest BCUT2D eigenvalue weighted by molar-refractivity contribution is 5.73. The zero-order chi connectivity index (χ0) is 33.0. The molecule has 0 amide bonds. The van der Waals surface area contributed by atoms with Crippen LogP contribution in [-0.2, 0) is 17.8 Å². The van der Waals surface area contributed by atoms with Crippen molar-refractivity contribution < 1.29 is 27.8 Å². The summed E-state index contributed by atoms with van der Waals surface area (Å²) >= 11 is 0. The van der Waals surface area contributed by atoms with E-state index in [1.165, 1.54) is 11.8 Å². The molecule has 3 unspecified atom stereocenters. The van der Waals surface area contributed by atoms with Crippen molar-refractivity contribution in [1.82, 2.24) is 19.6 Å². The number of hydrogen-bond donors (Lipinski definition) is 1. The van der Waals surface area contributed by atoms with Gasteiger partial charge in [0, 0.05) is 37.2 Å². The number of likely N-dealkylation sites (N-methyl/N-ethyl adjacent to an activating group) is 1. The van der Waals surface area contributed by atoms with Gasteiger partial charge in [-0.3, -0.25) is 14.4 Å². The van der Waals surface area contributed by atoms with Crippen LogP contribution in [0, 0.1) is 17.7 Å². The summed E-state index contributed by atoms with van der Waals surface area (Å²) in [5.74, 6) is -0.0318. The summed E-state index contributed by atoms with van der Waals surface area (Å²) in [6.07, 6.45) is 4.35. The number of carbonyl (C=O) groups is 1. The van der Waals surface area contributed by atoms with Gasteiger partial charge in [0.2, 0.25) is 0 Å². The molecule has 1 aliphatic carbocycles. The molecule has 0 spiro atoms. The summed E-state index contributed by atoms with van der Waals surface area (Å²) in [6, 6.07) is 15.4. The number of ether oxygens (including phenoxy) is 1. The highest BCUT2D eigenvalue weighted by atomic mass is 19.3. The molecule has 10 heteroatoms. The van der Waals surface area contributed by atoms with E-state index in [-0.39, 0.29) is 29.4 Å². The van der Waals surface area contributed by atoms with Gasteiger partial charge in [-0.15, -0.1) is 0 Å². The van der Waals surface area contributed by atoms with E-state index in [4.69, 9.17) is 5.10 Å². The molecule has 1 N–H and O–H groups in total. The van der Waals surface area contributed by atoms with Crippen LogP contribution >= 0.6 is 0 Å². The van der Waals surface area contributed by atoms with Crippen molar-refractivity contribution in [3.05, 3.63) is 82.9 Å². The van der Waals surface area contributed by atoms with E-state index in [2.05, 4.69) is 27.3 Å². The summed E-state index contributed by atoms with van der Waals surface area (Å²) in [5, 5.41) is 14.8. The molecular weight excluding hydrogens is 593 g/mol. The first-order valence-electron chi connectivity index (χ1n) is 16.5. The number of likely N-dealkylation sites (tertiary alicyclic amines) is 1. The number of nitrogens with zero attached hydrogens (tertiary/aromatic N) is 4. The van der Waals surface area contributed by atoms with Gasteiger partial charge in [-0.2, -0.15) is 13.9 Å². The number of rotatable bonds is 13. The van der Waals surface area contributed by atoms with Crippen molar-refractivity contribution >= 4 is 5.97 Å². The van der Waals surface area contributed by atoms with Crippen molar-refractivity contribution in [3.63, 3.8) is 0 Å². The Hall–Kier alpha value is -3.37. The van der Waals surface area contributed by atoms with Crippen molar-refractivity contribution in [2.24, 2.45) is 11.8 Å². The fourth-order valence-corrected chi connectivity index (χ4v) is 7.83. The van der Waals surface area contributed by atoms with Crippen LogP contribution in [0.5, 0.6) is 5.75 Å². The monoisotopic (exact) mass is 640 g/mol. The van der Waals surface area contributed by atoms with E-state index in [9.17, 15) is 23.1 Å². The number of benzene rings is 2. The quantitative estimate of drug-likeness (QED) is 0.217. The average molecular weight is 641 g/mol. The summed E-state index contributed by atoms with van der Waals surface area (Å²) in [6.45, 7) is 6.75. The van der Waals surface area contributed by atoms with Gasteiger partial charge in [0.1, 0.15) is 17.6 Å². The number of carboxylic acids is 1. The third kappa shape index (κ3) is 8.12. The summed E-state index contributed by atoms with van der Waals surface area (Å²) in [4.78, 5) is 16.7. The minimum Gasteiger partial charge on any atom is -0.480 e. The van der Waals surface area contributed by atoms with Crippen LogP contribution in [-0.4, -0.2) is 76.0 Å². The van der Waals surface area contributed by atoms with E-state index in [0.717, 1.165) is 68.7 Å². The Morgan fingerprint density at radius 3 is 2.41 bits per heavy atom. The lowest BCUT2D eigenvalue weighted by Gasteiger charge is -2.35. The number of piperidine rings is 1. The molecule has 1 aliphatic heterocycles. The Morgan fingerprint density at radius 1 is 1.09 bits per heavy atom. The Balaban J connectivity index is 1.23. The van der Waals surface area contributed by atoms with E-state index >= 15 is 0 Å². The lowest BCUT2D eigenvalue weighted by atomic mass is 9.87. The largest absolute Gasteiger partial charge is 0.480 e. The number of alkyl halides is 2. The molecule has 4 atom stereocenters. The lowest BCUT2D eigenvalue weighted by Crippen LogP contribution is -2.47. The van der Waals surface area contributed by atoms with Gasteiger partial charge in [-0.1, -0.05) is 38.1 Å². The van der Waals surface area contributed by atoms with Crippen LogP contribution in [0.2, 0.25) is 0 Å². The minimum absolute atomic E-state index is 0.0154. The highest BCUT2D eigenvalue weighted by Crippen LogP contribution is 2.43. The molecule has 7 nitrogen and oxygen atoms in total. The van der Waals surface area contributed by atoms with Gasteiger partial charge >= 0.3 is 12.6 Å². The number of hydrogen-bond acceptors (Lipinski definition) is 5. The number of aromatic nitrogens is 2. The van der Waals surface area contributed by atoms with E-state index in [1.54, 1.807) is 36.4 Å². The molecule has 46 heavy (non-hydrogen) atoms. The molecule has 2 aromatic carbocycles. The Bertz CT molecular complexity index is 1440. The average Bonchev–Trinajstić information content (AvgIpc) is 3.62. The SMILES string of the molecule is CCn1nc(Cc2ccc(OC(F)F)cc2)cc1C1CCN(CC2CC(N(C)[C@@H](C(=O)O)C(C)C)CC2c2cccc(F)c2)CC1. The second-order valence-corrected chi connectivity index (χ2v) is 13.4. The third-order valence-electron chi connectivity index (χ3n) is 10.0. The first kappa shape index (κ1) is 34.0. The van der Waals surface area contributed by atoms with Crippen molar-refractivity contribution in [2.45, 2.75) is 90.0 Å². The van der Waals surface area contributed by atoms with Crippen LogP contribution < -0.4 is 4.74 Å². The standard InChI is InChI=1S/C36H47F3N4O3/c1-5-43-33(20-29(40-43)17-24-9-11-31(12-10-24)46-36(38)39)25-13-15-42(16-14-25)22-27-19-30(41(4)34(23(2)3)35(44)45)21-32(27)26-7-6-8-28(37)18-26/h6-12,18,20,23,25,27,30,32,34,36H,5,13-17,19,21-22H2,1-4H3,(H,44,45)/t27?,30?,32?,34-/m1/s1. The fourth-order valence-electron chi connectivity index (χ4n) is 7.83. The smallest absolute Gasteiger partial charge is 0.387 e. The third-order valence-corrected chi connectivity index (χ3v) is 10.0. The second-order valence-electron chi connectivity index (χ2n) is 13.4. The molecule has 2 fully saturated rings. The molecule has 250 valence electrons.